The molecule has 3 nitrogen and oxygen atoms in total. The Morgan fingerprint density at radius 1 is 0.917 bits per heavy atom. The quantitative estimate of drug-likeness (QED) is 0.611. The van der Waals surface area contributed by atoms with Crippen molar-refractivity contribution in [2.75, 3.05) is 10.8 Å². The third-order valence-electron chi connectivity index (χ3n) is 3.80. The summed E-state index contributed by atoms with van der Waals surface area (Å²) in [6.07, 6.45) is 0. The van der Waals surface area contributed by atoms with Crippen LogP contribution in [0, 0.1) is 0 Å². The lowest BCUT2D eigenvalue weighted by atomic mass is 10.1. The molecule has 0 spiro atoms. The highest BCUT2D eigenvalue weighted by molar-refractivity contribution is 7.92. The van der Waals surface area contributed by atoms with Crippen molar-refractivity contribution in [1.29, 1.82) is 0 Å². The van der Waals surface area contributed by atoms with Crippen LogP contribution in [-0.2, 0) is 10.0 Å². The molecule has 0 N–H and O–H groups in total. The fraction of sp³-hybridized carbons (Fsp3) is 0.111. The molecular weight excluding hydrogens is 365 g/mol. The molecule has 0 atom stereocenters. The van der Waals surface area contributed by atoms with E-state index in [1.165, 1.54) is 4.31 Å². The van der Waals surface area contributed by atoms with Crippen molar-refractivity contribution < 1.29 is 8.42 Å². The van der Waals surface area contributed by atoms with Gasteiger partial charge in [0.15, 0.2) is 0 Å². The van der Waals surface area contributed by atoms with Crippen LogP contribution in [0.2, 0.25) is 10.0 Å². The minimum absolute atomic E-state index is 0.221. The van der Waals surface area contributed by atoms with Crippen LogP contribution in [0.4, 0.5) is 5.69 Å². The first-order chi connectivity index (χ1) is 11.4. The molecule has 24 heavy (non-hydrogen) atoms. The molecule has 3 aromatic rings. The SMILES string of the molecule is CCN(c1cccc(Cl)c1Cl)S(=O)(=O)c1ccc2ccccc2c1. The number of benzene rings is 3. The van der Waals surface area contributed by atoms with E-state index in [0.717, 1.165) is 10.8 Å². The van der Waals surface area contributed by atoms with Crippen LogP contribution >= 0.6 is 23.2 Å². The number of fused-ring (bicyclic) bond motifs is 1. The topological polar surface area (TPSA) is 37.4 Å². The van der Waals surface area contributed by atoms with Gasteiger partial charge in [-0.05, 0) is 42.0 Å². The van der Waals surface area contributed by atoms with Gasteiger partial charge in [-0.1, -0.05) is 59.6 Å². The summed E-state index contributed by atoms with van der Waals surface area (Å²) in [5.74, 6) is 0. The summed E-state index contributed by atoms with van der Waals surface area (Å²) in [6.45, 7) is 2.01. The third kappa shape index (κ3) is 2.97. The molecule has 124 valence electrons. The van der Waals surface area contributed by atoms with E-state index in [1.54, 1.807) is 43.3 Å². The van der Waals surface area contributed by atoms with E-state index in [1.807, 2.05) is 24.3 Å². The average Bonchev–Trinajstić information content (AvgIpc) is 2.58. The van der Waals surface area contributed by atoms with Crippen molar-refractivity contribution in [2.45, 2.75) is 11.8 Å². The molecule has 0 aliphatic carbocycles. The highest BCUT2D eigenvalue weighted by Crippen LogP contribution is 2.35. The van der Waals surface area contributed by atoms with Gasteiger partial charge in [0, 0.05) is 6.54 Å². The predicted octanol–water partition coefficient (Wildman–Crippen LogP) is 5.36. The molecule has 0 radical (unpaired) electrons. The number of hydrogen-bond acceptors (Lipinski definition) is 2. The highest BCUT2D eigenvalue weighted by Gasteiger charge is 2.26. The van der Waals surface area contributed by atoms with Gasteiger partial charge in [0.1, 0.15) is 0 Å². The summed E-state index contributed by atoms with van der Waals surface area (Å²) in [5, 5.41) is 2.40. The van der Waals surface area contributed by atoms with Crippen molar-refractivity contribution >= 4 is 49.7 Å². The maximum atomic E-state index is 13.1. The number of halogens is 2. The molecule has 0 fully saturated rings. The minimum Gasteiger partial charge on any atom is -0.265 e. The Bertz CT molecular complexity index is 1000. The van der Waals surface area contributed by atoms with Crippen LogP contribution in [0.5, 0.6) is 0 Å². The van der Waals surface area contributed by atoms with Crippen LogP contribution in [0.3, 0.4) is 0 Å². The number of anilines is 1. The predicted molar refractivity (Wildman–Crippen MR) is 101 cm³/mol. The molecular formula is C18H15Cl2NO2S. The smallest absolute Gasteiger partial charge is 0.264 e. The maximum Gasteiger partial charge on any atom is 0.264 e. The van der Waals surface area contributed by atoms with Gasteiger partial charge >= 0.3 is 0 Å². The largest absolute Gasteiger partial charge is 0.265 e. The highest BCUT2D eigenvalue weighted by atomic mass is 35.5. The van der Waals surface area contributed by atoms with E-state index < -0.39 is 10.0 Å². The summed E-state index contributed by atoms with van der Waals surface area (Å²) in [5.41, 5.74) is 0.375. The maximum absolute atomic E-state index is 13.1. The molecule has 0 aliphatic rings. The molecule has 0 aliphatic heterocycles. The third-order valence-corrected chi connectivity index (χ3v) is 6.49. The number of sulfonamides is 1. The normalized spacial score (nSPS) is 11.6. The fourth-order valence-electron chi connectivity index (χ4n) is 2.61. The van der Waals surface area contributed by atoms with Crippen LogP contribution < -0.4 is 4.31 Å². The van der Waals surface area contributed by atoms with Gasteiger partial charge in [-0.15, -0.1) is 0 Å². The Balaban J connectivity index is 2.14. The van der Waals surface area contributed by atoms with Crippen molar-refractivity contribution in [3.8, 4) is 0 Å². The van der Waals surface area contributed by atoms with Crippen molar-refractivity contribution in [3.05, 3.63) is 70.7 Å². The Kier molecular flexibility index (Phi) is 4.72. The molecule has 0 amide bonds. The second-order valence-corrected chi connectivity index (χ2v) is 7.90. The van der Waals surface area contributed by atoms with Crippen molar-refractivity contribution in [3.63, 3.8) is 0 Å². The van der Waals surface area contributed by atoms with E-state index >= 15 is 0 Å². The van der Waals surface area contributed by atoms with Gasteiger partial charge in [0.05, 0.1) is 20.6 Å². The van der Waals surface area contributed by atoms with Crippen molar-refractivity contribution in [1.82, 2.24) is 0 Å². The van der Waals surface area contributed by atoms with Gasteiger partial charge in [0.25, 0.3) is 10.0 Å². The lowest BCUT2D eigenvalue weighted by molar-refractivity contribution is 0.592. The van der Waals surface area contributed by atoms with Crippen LogP contribution in [-0.4, -0.2) is 15.0 Å². The van der Waals surface area contributed by atoms with E-state index in [9.17, 15) is 8.42 Å². The molecule has 6 heteroatoms. The summed E-state index contributed by atoms with van der Waals surface area (Å²) in [4.78, 5) is 0.221. The first-order valence-corrected chi connectivity index (χ1v) is 9.60. The average molecular weight is 380 g/mol. The lowest BCUT2D eigenvalue weighted by Crippen LogP contribution is -2.31. The molecule has 0 unspecified atom stereocenters. The lowest BCUT2D eigenvalue weighted by Gasteiger charge is -2.24. The van der Waals surface area contributed by atoms with E-state index in [-0.39, 0.29) is 16.5 Å². The molecule has 0 saturated carbocycles. The summed E-state index contributed by atoms with van der Waals surface area (Å²) >= 11 is 12.3. The molecule has 3 rings (SSSR count). The summed E-state index contributed by atoms with van der Waals surface area (Å²) < 4.78 is 27.5. The van der Waals surface area contributed by atoms with Crippen LogP contribution in [0.15, 0.2) is 65.6 Å². The van der Waals surface area contributed by atoms with Crippen LogP contribution in [0.25, 0.3) is 10.8 Å². The number of rotatable bonds is 4. The number of nitrogens with zero attached hydrogens (tertiary/aromatic N) is 1. The first-order valence-electron chi connectivity index (χ1n) is 7.40. The van der Waals surface area contributed by atoms with Gasteiger partial charge in [-0.25, -0.2) is 8.42 Å². The van der Waals surface area contributed by atoms with E-state index in [0.29, 0.717) is 10.7 Å². The Morgan fingerprint density at radius 3 is 2.33 bits per heavy atom. The summed E-state index contributed by atoms with van der Waals surface area (Å²) in [7, 11) is -3.74. The molecule has 0 heterocycles. The monoisotopic (exact) mass is 379 g/mol. The Hall–Kier alpha value is -1.75. The van der Waals surface area contributed by atoms with Gasteiger partial charge in [0.2, 0.25) is 0 Å². The minimum atomic E-state index is -3.74. The molecule has 0 saturated heterocycles. The van der Waals surface area contributed by atoms with Gasteiger partial charge < -0.3 is 0 Å². The van der Waals surface area contributed by atoms with Crippen molar-refractivity contribution in [2.24, 2.45) is 0 Å². The fourth-order valence-corrected chi connectivity index (χ4v) is 4.58. The number of hydrogen-bond donors (Lipinski definition) is 0. The first kappa shape index (κ1) is 17.1. The Labute approximate surface area is 151 Å². The second kappa shape index (κ2) is 6.63. The zero-order chi connectivity index (χ0) is 17.3. The molecule has 0 aromatic heterocycles. The van der Waals surface area contributed by atoms with Gasteiger partial charge in [-0.2, -0.15) is 0 Å². The zero-order valence-electron chi connectivity index (χ0n) is 12.9. The summed E-state index contributed by atoms with van der Waals surface area (Å²) in [6, 6.07) is 17.7. The van der Waals surface area contributed by atoms with Gasteiger partial charge in [-0.3, -0.25) is 4.31 Å². The second-order valence-electron chi connectivity index (χ2n) is 5.25. The van der Waals surface area contributed by atoms with E-state index in [2.05, 4.69) is 0 Å². The van der Waals surface area contributed by atoms with E-state index in [4.69, 9.17) is 23.2 Å². The standard InChI is InChI=1S/C18H15Cl2NO2S/c1-2-21(17-9-5-8-16(19)18(17)20)24(22,23)15-11-10-13-6-3-4-7-14(13)12-15/h3-12H,2H2,1H3. The molecule has 3 aromatic carbocycles. The Morgan fingerprint density at radius 2 is 1.62 bits per heavy atom. The van der Waals surface area contributed by atoms with Crippen LogP contribution in [0.1, 0.15) is 6.92 Å². The zero-order valence-corrected chi connectivity index (χ0v) is 15.2. The molecule has 0 bridgehead atoms.